The van der Waals surface area contributed by atoms with Gasteiger partial charge in [-0.3, -0.25) is 0 Å². The van der Waals surface area contributed by atoms with E-state index in [2.05, 4.69) is 38.2 Å². The van der Waals surface area contributed by atoms with Gasteiger partial charge >= 0.3 is 0 Å². The smallest absolute Gasteiger partial charge is 0.0439 e. The number of rotatable bonds is 1. The van der Waals surface area contributed by atoms with Gasteiger partial charge < -0.3 is 5.32 Å². The summed E-state index contributed by atoms with van der Waals surface area (Å²) in [6, 6.07) is 4.28. The van der Waals surface area contributed by atoms with Crippen molar-refractivity contribution in [1.82, 2.24) is 0 Å². The molecule has 15 heavy (non-hydrogen) atoms. The number of halogens is 1. The highest BCUT2D eigenvalue weighted by Crippen LogP contribution is 2.32. The first-order valence-corrected chi connectivity index (χ1v) is 5.98. The highest BCUT2D eigenvalue weighted by Gasteiger charge is 2.21. The molecule has 0 fully saturated rings. The third kappa shape index (κ3) is 2.12. The van der Waals surface area contributed by atoms with Crippen molar-refractivity contribution in [2.24, 2.45) is 11.8 Å². The summed E-state index contributed by atoms with van der Waals surface area (Å²) in [5.41, 5.74) is 3.80. The molecule has 2 heteroatoms. The number of nitrogens with one attached hydrogen (secondary N) is 1. The molecule has 82 valence electrons. The van der Waals surface area contributed by atoms with E-state index in [4.69, 9.17) is 11.6 Å². The molecule has 1 aliphatic heterocycles. The molecule has 0 saturated heterocycles. The standard InChI is InChI=1S/C13H18ClN/c1-8(2)11-5-10-6-12(14)9(3)4-13(10)15-7-11/h4,6,8,11,15H,5,7H2,1-3H3. The van der Waals surface area contributed by atoms with Gasteiger partial charge in [0.2, 0.25) is 0 Å². The maximum absolute atomic E-state index is 6.15. The van der Waals surface area contributed by atoms with Gasteiger partial charge in [-0.05, 0) is 48.4 Å². The van der Waals surface area contributed by atoms with E-state index < -0.39 is 0 Å². The van der Waals surface area contributed by atoms with Crippen molar-refractivity contribution < 1.29 is 0 Å². The van der Waals surface area contributed by atoms with Crippen LogP contribution in [0, 0.1) is 18.8 Å². The fraction of sp³-hybridized carbons (Fsp3) is 0.538. The van der Waals surface area contributed by atoms with Gasteiger partial charge in [-0.25, -0.2) is 0 Å². The highest BCUT2D eigenvalue weighted by molar-refractivity contribution is 6.31. The summed E-state index contributed by atoms with van der Waals surface area (Å²) in [5, 5.41) is 4.39. The van der Waals surface area contributed by atoms with E-state index in [1.54, 1.807) is 0 Å². The molecule has 1 heterocycles. The van der Waals surface area contributed by atoms with Crippen molar-refractivity contribution in [2.75, 3.05) is 11.9 Å². The van der Waals surface area contributed by atoms with Crippen LogP contribution in [0.2, 0.25) is 5.02 Å². The van der Waals surface area contributed by atoms with Crippen LogP contribution >= 0.6 is 11.6 Å². The lowest BCUT2D eigenvalue weighted by Gasteiger charge is -2.29. The molecule has 1 nitrogen and oxygen atoms in total. The predicted molar refractivity (Wildman–Crippen MR) is 66.7 cm³/mol. The minimum Gasteiger partial charge on any atom is -0.385 e. The van der Waals surface area contributed by atoms with Crippen molar-refractivity contribution in [3.05, 3.63) is 28.3 Å². The molecule has 1 aromatic rings. The lowest BCUT2D eigenvalue weighted by Crippen LogP contribution is -2.27. The molecule has 2 rings (SSSR count). The number of anilines is 1. The Morgan fingerprint density at radius 1 is 1.40 bits per heavy atom. The van der Waals surface area contributed by atoms with Gasteiger partial charge in [0.05, 0.1) is 0 Å². The quantitative estimate of drug-likeness (QED) is 0.762. The predicted octanol–water partition coefficient (Wildman–Crippen LogP) is 3.89. The van der Waals surface area contributed by atoms with Crippen LogP contribution in [0.5, 0.6) is 0 Å². The van der Waals surface area contributed by atoms with Crippen LogP contribution in [0.4, 0.5) is 5.69 Å². The second-order valence-electron chi connectivity index (χ2n) is 4.85. The average Bonchev–Trinajstić information content (AvgIpc) is 2.19. The Morgan fingerprint density at radius 3 is 2.80 bits per heavy atom. The van der Waals surface area contributed by atoms with Crippen LogP contribution in [0.15, 0.2) is 12.1 Å². The number of benzene rings is 1. The monoisotopic (exact) mass is 223 g/mol. The first kappa shape index (κ1) is 10.8. The van der Waals surface area contributed by atoms with Crippen molar-refractivity contribution in [1.29, 1.82) is 0 Å². The number of hydrogen-bond acceptors (Lipinski definition) is 1. The first-order chi connectivity index (χ1) is 7.08. The van der Waals surface area contributed by atoms with E-state index in [9.17, 15) is 0 Å². The lowest BCUT2D eigenvalue weighted by molar-refractivity contribution is 0.393. The molecule has 0 aliphatic carbocycles. The number of aryl methyl sites for hydroxylation is 1. The molecule has 0 radical (unpaired) electrons. The molecule has 1 unspecified atom stereocenters. The first-order valence-electron chi connectivity index (χ1n) is 5.61. The van der Waals surface area contributed by atoms with Gasteiger partial charge in [0.25, 0.3) is 0 Å². The maximum atomic E-state index is 6.15. The average molecular weight is 224 g/mol. The van der Waals surface area contributed by atoms with E-state index in [1.165, 1.54) is 11.3 Å². The van der Waals surface area contributed by atoms with Gasteiger partial charge in [0.15, 0.2) is 0 Å². The van der Waals surface area contributed by atoms with Gasteiger partial charge in [0.1, 0.15) is 0 Å². The molecule has 0 bridgehead atoms. The molecular weight excluding hydrogens is 206 g/mol. The van der Waals surface area contributed by atoms with Crippen LogP contribution in [0.1, 0.15) is 25.0 Å². The van der Waals surface area contributed by atoms with E-state index >= 15 is 0 Å². The maximum Gasteiger partial charge on any atom is 0.0439 e. The third-order valence-electron chi connectivity index (χ3n) is 3.36. The topological polar surface area (TPSA) is 12.0 Å². The largest absolute Gasteiger partial charge is 0.385 e. The van der Waals surface area contributed by atoms with Crippen LogP contribution < -0.4 is 5.32 Å². The van der Waals surface area contributed by atoms with Crippen molar-refractivity contribution in [3.63, 3.8) is 0 Å². The normalized spacial score (nSPS) is 19.9. The zero-order valence-electron chi connectivity index (χ0n) is 9.60. The number of hydrogen-bond donors (Lipinski definition) is 1. The second-order valence-corrected chi connectivity index (χ2v) is 5.25. The van der Waals surface area contributed by atoms with Crippen LogP contribution in [0.3, 0.4) is 0 Å². The summed E-state index contributed by atoms with van der Waals surface area (Å²) >= 11 is 6.15. The van der Waals surface area contributed by atoms with E-state index in [0.29, 0.717) is 0 Å². The molecule has 1 atom stereocenters. The minimum atomic E-state index is 0.728. The minimum absolute atomic E-state index is 0.728. The Balaban J connectivity index is 2.30. The van der Waals surface area contributed by atoms with Gasteiger partial charge in [-0.1, -0.05) is 25.4 Å². The Morgan fingerprint density at radius 2 is 2.13 bits per heavy atom. The Labute approximate surface area is 96.8 Å². The summed E-state index contributed by atoms with van der Waals surface area (Å²) in [6.45, 7) is 7.71. The Kier molecular flexibility index (Phi) is 2.92. The summed E-state index contributed by atoms with van der Waals surface area (Å²) in [6.07, 6.45) is 1.15. The van der Waals surface area contributed by atoms with Crippen LogP contribution in [-0.4, -0.2) is 6.54 Å². The summed E-state index contributed by atoms with van der Waals surface area (Å²) in [5.74, 6) is 1.46. The summed E-state index contributed by atoms with van der Waals surface area (Å²) < 4.78 is 0. The van der Waals surface area contributed by atoms with Crippen LogP contribution in [-0.2, 0) is 6.42 Å². The SMILES string of the molecule is Cc1cc2c(cc1Cl)CC(C(C)C)CN2. The Hall–Kier alpha value is -0.690. The summed E-state index contributed by atoms with van der Waals surface area (Å²) in [7, 11) is 0. The molecule has 1 aromatic carbocycles. The van der Waals surface area contributed by atoms with Gasteiger partial charge in [-0.2, -0.15) is 0 Å². The van der Waals surface area contributed by atoms with Crippen LogP contribution in [0.25, 0.3) is 0 Å². The van der Waals surface area contributed by atoms with E-state index in [0.717, 1.165) is 35.4 Å². The lowest BCUT2D eigenvalue weighted by atomic mass is 9.85. The summed E-state index contributed by atoms with van der Waals surface area (Å²) in [4.78, 5) is 0. The van der Waals surface area contributed by atoms with E-state index in [1.807, 2.05) is 0 Å². The van der Waals surface area contributed by atoms with E-state index in [-0.39, 0.29) is 0 Å². The molecule has 0 amide bonds. The molecule has 1 aliphatic rings. The molecule has 0 saturated carbocycles. The second kappa shape index (κ2) is 4.05. The third-order valence-corrected chi connectivity index (χ3v) is 3.77. The highest BCUT2D eigenvalue weighted by atomic mass is 35.5. The zero-order valence-corrected chi connectivity index (χ0v) is 10.4. The van der Waals surface area contributed by atoms with Gasteiger partial charge in [0, 0.05) is 17.3 Å². The van der Waals surface area contributed by atoms with Gasteiger partial charge in [-0.15, -0.1) is 0 Å². The van der Waals surface area contributed by atoms with Crippen molar-refractivity contribution >= 4 is 17.3 Å². The Bertz CT molecular complexity index is 371. The molecular formula is C13H18ClN. The fourth-order valence-corrected chi connectivity index (χ4v) is 2.31. The molecule has 0 aromatic heterocycles. The van der Waals surface area contributed by atoms with Crippen molar-refractivity contribution in [3.8, 4) is 0 Å². The fourth-order valence-electron chi connectivity index (χ4n) is 2.12. The molecule has 0 spiro atoms. The number of fused-ring (bicyclic) bond motifs is 1. The van der Waals surface area contributed by atoms with Crippen molar-refractivity contribution in [2.45, 2.75) is 27.2 Å². The zero-order chi connectivity index (χ0) is 11.0. The molecule has 1 N–H and O–H groups in total.